The average Bonchev–Trinajstić information content (AvgIpc) is 2.63. The Balaban J connectivity index is 1.88. The average molecular weight is 194 g/mol. The van der Waals surface area contributed by atoms with E-state index in [1.807, 2.05) is 0 Å². The fraction of sp³-hybridized carbons (Fsp3) is 0.727. The summed E-state index contributed by atoms with van der Waals surface area (Å²) in [6.07, 6.45) is 7.16. The molecule has 2 aliphatic heterocycles. The van der Waals surface area contributed by atoms with Crippen LogP contribution in [-0.2, 0) is 0 Å². The van der Waals surface area contributed by atoms with E-state index in [0.717, 1.165) is 13.1 Å². The highest BCUT2D eigenvalue weighted by Crippen LogP contribution is 2.08. The lowest BCUT2D eigenvalue weighted by molar-refractivity contribution is -0.867. The van der Waals surface area contributed by atoms with E-state index >= 15 is 0 Å². The number of hydrogen-bond acceptors (Lipinski definition) is 2. The van der Waals surface area contributed by atoms with Gasteiger partial charge in [-0.2, -0.15) is 5.01 Å². The molecule has 2 N–H and O–H groups in total. The molecule has 0 aromatic heterocycles. The van der Waals surface area contributed by atoms with E-state index in [2.05, 4.69) is 23.6 Å². The van der Waals surface area contributed by atoms with E-state index in [1.54, 1.807) is 5.70 Å². The number of hydrogen-bond donors (Lipinski definition) is 2. The van der Waals surface area contributed by atoms with Crippen molar-refractivity contribution in [1.82, 2.24) is 5.32 Å². The third-order valence-electron chi connectivity index (χ3n) is 3.00. The van der Waals surface area contributed by atoms with Crippen molar-refractivity contribution in [3.63, 3.8) is 0 Å². The Kier molecular flexibility index (Phi) is 3.32. The highest BCUT2D eigenvalue weighted by atomic mass is 15.5. The van der Waals surface area contributed by atoms with Crippen LogP contribution in [0.15, 0.2) is 16.4 Å². The Morgan fingerprint density at radius 1 is 1.50 bits per heavy atom. The molecule has 0 bridgehead atoms. The van der Waals surface area contributed by atoms with E-state index in [1.165, 1.54) is 42.8 Å². The molecule has 2 rings (SSSR count). The van der Waals surface area contributed by atoms with Gasteiger partial charge in [0.05, 0.1) is 6.21 Å². The predicted octanol–water partition coefficient (Wildman–Crippen LogP) is 0.308. The van der Waals surface area contributed by atoms with Crippen LogP contribution in [0.25, 0.3) is 0 Å². The summed E-state index contributed by atoms with van der Waals surface area (Å²) in [5.74, 6) is 0. The quantitative estimate of drug-likeness (QED) is 0.620. The second-order valence-electron chi connectivity index (χ2n) is 4.09. The standard InChI is InChI=1S/C11H19N3/c1-2-3-4-7-14-11-5-6-12-8-10(11)9-13-14/h9,12H,2-8H2,1H3/p+1. The van der Waals surface area contributed by atoms with Crippen molar-refractivity contribution in [3.8, 4) is 0 Å². The zero-order valence-electron chi connectivity index (χ0n) is 8.97. The van der Waals surface area contributed by atoms with Crippen molar-refractivity contribution < 1.29 is 5.01 Å². The minimum Gasteiger partial charge on any atom is -0.312 e. The van der Waals surface area contributed by atoms with E-state index in [9.17, 15) is 0 Å². The van der Waals surface area contributed by atoms with Crippen LogP contribution >= 0.6 is 0 Å². The summed E-state index contributed by atoms with van der Waals surface area (Å²) in [7, 11) is 0. The predicted molar refractivity (Wildman–Crippen MR) is 58.4 cm³/mol. The maximum Gasteiger partial charge on any atom is 0.141 e. The van der Waals surface area contributed by atoms with Crippen LogP contribution in [0.3, 0.4) is 0 Å². The number of rotatable bonds is 4. The molecule has 0 aromatic rings. The van der Waals surface area contributed by atoms with Crippen molar-refractivity contribution >= 4 is 6.21 Å². The summed E-state index contributed by atoms with van der Waals surface area (Å²) in [6.45, 7) is 5.58. The van der Waals surface area contributed by atoms with Gasteiger partial charge in [0.25, 0.3) is 0 Å². The molecule has 0 spiro atoms. The molecule has 0 aromatic carbocycles. The number of nitrogens with one attached hydrogen (secondary N) is 2. The first-order valence-corrected chi connectivity index (χ1v) is 5.75. The Morgan fingerprint density at radius 3 is 3.29 bits per heavy atom. The van der Waals surface area contributed by atoms with Crippen molar-refractivity contribution in [2.24, 2.45) is 5.10 Å². The van der Waals surface area contributed by atoms with Gasteiger partial charge in [-0.05, 0) is 12.8 Å². The van der Waals surface area contributed by atoms with Gasteiger partial charge >= 0.3 is 0 Å². The van der Waals surface area contributed by atoms with Crippen molar-refractivity contribution in [2.75, 3.05) is 19.6 Å². The van der Waals surface area contributed by atoms with Crippen LogP contribution in [-0.4, -0.2) is 25.8 Å². The first-order valence-electron chi connectivity index (χ1n) is 5.75. The Bertz CT molecular complexity index is 255. The van der Waals surface area contributed by atoms with Crippen molar-refractivity contribution in [1.29, 1.82) is 0 Å². The lowest BCUT2D eigenvalue weighted by Gasteiger charge is -2.16. The highest BCUT2D eigenvalue weighted by Gasteiger charge is 2.26. The molecular weight excluding hydrogens is 174 g/mol. The van der Waals surface area contributed by atoms with Gasteiger partial charge in [0.15, 0.2) is 0 Å². The first kappa shape index (κ1) is 9.87. The van der Waals surface area contributed by atoms with Gasteiger partial charge in [0.1, 0.15) is 12.2 Å². The first-order chi connectivity index (χ1) is 6.92. The summed E-state index contributed by atoms with van der Waals surface area (Å²) >= 11 is 0. The second-order valence-corrected chi connectivity index (χ2v) is 4.09. The summed E-state index contributed by atoms with van der Waals surface area (Å²) < 4.78 is 0. The minimum absolute atomic E-state index is 1.02. The van der Waals surface area contributed by atoms with E-state index < -0.39 is 0 Å². The smallest absolute Gasteiger partial charge is 0.141 e. The minimum atomic E-state index is 1.02. The molecule has 0 aliphatic carbocycles. The van der Waals surface area contributed by atoms with Gasteiger partial charge in [0, 0.05) is 25.1 Å². The monoisotopic (exact) mass is 194 g/mol. The molecular formula is C11H20N3+. The van der Waals surface area contributed by atoms with E-state index in [-0.39, 0.29) is 0 Å². The lowest BCUT2D eigenvalue weighted by Crippen LogP contribution is -3.05. The molecule has 0 fully saturated rings. The maximum atomic E-state index is 4.53. The molecule has 0 saturated carbocycles. The van der Waals surface area contributed by atoms with Crippen molar-refractivity contribution in [3.05, 3.63) is 11.3 Å². The normalized spacial score (nSPS) is 25.6. The fourth-order valence-corrected chi connectivity index (χ4v) is 2.15. The molecule has 0 radical (unpaired) electrons. The topological polar surface area (TPSA) is 28.8 Å². The van der Waals surface area contributed by atoms with Crippen LogP contribution in [0.5, 0.6) is 0 Å². The van der Waals surface area contributed by atoms with Gasteiger partial charge in [-0.25, -0.2) is 0 Å². The van der Waals surface area contributed by atoms with E-state index in [0.29, 0.717) is 0 Å². The van der Waals surface area contributed by atoms with Crippen LogP contribution in [0.1, 0.15) is 32.6 Å². The fourth-order valence-electron chi connectivity index (χ4n) is 2.15. The molecule has 3 nitrogen and oxygen atoms in total. The zero-order valence-corrected chi connectivity index (χ0v) is 8.97. The Hall–Kier alpha value is -0.670. The van der Waals surface area contributed by atoms with Crippen LogP contribution in [0.4, 0.5) is 0 Å². The molecule has 2 heterocycles. The van der Waals surface area contributed by atoms with Crippen LogP contribution in [0, 0.1) is 0 Å². The molecule has 1 unspecified atom stereocenters. The molecule has 14 heavy (non-hydrogen) atoms. The second kappa shape index (κ2) is 4.71. The number of nitrogens with zero attached hydrogens (tertiary/aromatic N) is 1. The number of quaternary nitrogens is 1. The van der Waals surface area contributed by atoms with Crippen LogP contribution in [0.2, 0.25) is 0 Å². The molecule has 2 aliphatic rings. The Morgan fingerprint density at radius 2 is 2.43 bits per heavy atom. The van der Waals surface area contributed by atoms with Gasteiger partial charge < -0.3 is 5.32 Å². The van der Waals surface area contributed by atoms with Crippen LogP contribution < -0.4 is 10.3 Å². The highest BCUT2D eigenvalue weighted by molar-refractivity contribution is 5.80. The third-order valence-corrected chi connectivity index (χ3v) is 3.00. The van der Waals surface area contributed by atoms with Gasteiger partial charge in [0.2, 0.25) is 0 Å². The third kappa shape index (κ3) is 2.04. The molecule has 1 atom stereocenters. The molecule has 3 heteroatoms. The van der Waals surface area contributed by atoms with Gasteiger partial charge in [-0.15, -0.1) is 0 Å². The molecule has 0 saturated heterocycles. The number of unbranched alkanes of at least 4 members (excludes halogenated alkanes) is 2. The molecule has 0 amide bonds. The largest absolute Gasteiger partial charge is 0.312 e. The van der Waals surface area contributed by atoms with Gasteiger partial charge in [-0.1, -0.05) is 18.4 Å². The molecule has 78 valence electrons. The summed E-state index contributed by atoms with van der Waals surface area (Å²) in [6, 6.07) is 0. The summed E-state index contributed by atoms with van der Waals surface area (Å²) in [5, 5.41) is 9.28. The maximum absolute atomic E-state index is 4.53. The Labute approximate surface area is 85.9 Å². The summed E-state index contributed by atoms with van der Waals surface area (Å²) in [5.41, 5.74) is 2.97. The van der Waals surface area contributed by atoms with Gasteiger partial charge in [-0.3, -0.25) is 0 Å². The summed E-state index contributed by atoms with van der Waals surface area (Å²) in [4.78, 5) is 0. The zero-order chi connectivity index (χ0) is 9.80. The lowest BCUT2D eigenvalue weighted by atomic mass is 10.1. The van der Waals surface area contributed by atoms with Crippen molar-refractivity contribution in [2.45, 2.75) is 32.6 Å². The SMILES string of the molecule is CCCCC[NH+]1N=CC2=C1CCNC2. The van der Waals surface area contributed by atoms with E-state index in [4.69, 9.17) is 0 Å².